The Bertz CT molecular complexity index is 578. The molecule has 0 spiro atoms. The molecule has 0 saturated carbocycles. The Balaban J connectivity index is 1.76. The fourth-order valence-electron chi connectivity index (χ4n) is 4.48. The highest BCUT2D eigenvalue weighted by Gasteiger charge is 2.05. The zero-order chi connectivity index (χ0) is 25.2. The molecular weight excluding hydrogens is 434 g/mol. The lowest BCUT2D eigenvalue weighted by atomic mass is 10.0. The van der Waals surface area contributed by atoms with Crippen molar-refractivity contribution in [1.82, 2.24) is 4.90 Å². The first kappa shape index (κ1) is 31.6. The van der Waals surface area contributed by atoms with Gasteiger partial charge in [-0.15, -0.1) is 0 Å². The second-order valence-electron chi connectivity index (χ2n) is 10.3. The first-order chi connectivity index (χ1) is 17.2. The molecule has 0 saturated heterocycles. The van der Waals surface area contributed by atoms with Crippen molar-refractivity contribution in [2.75, 3.05) is 20.2 Å². The van der Waals surface area contributed by atoms with E-state index in [1.54, 1.807) is 0 Å². The molecule has 0 atom stereocenters. The summed E-state index contributed by atoms with van der Waals surface area (Å²) >= 11 is 0. The van der Waals surface area contributed by atoms with Gasteiger partial charge in [0.15, 0.2) is 0 Å². The van der Waals surface area contributed by atoms with E-state index in [-0.39, 0.29) is 5.97 Å². The van der Waals surface area contributed by atoms with Gasteiger partial charge in [0.2, 0.25) is 0 Å². The van der Waals surface area contributed by atoms with E-state index in [2.05, 4.69) is 43.1 Å². The summed E-state index contributed by atoms with van der Waals surface area (Å²) in [5.74, 6) is -0.243. The summed E-state index contributed by atoms with van der Waals surface area (Å²) in [6.07, 6.45) is 23.9. The van der Waals surface area contributed by atoms with Gasteiger partial charge in [0, 0.05) is 13.0 Å². The summed E-state index contributed by atoms with van der Waals surface area (Å²) in [5, 5.41) is 0. The van der Waals surface area contributed by atoms with E-state index in [0.29, 0.717) is 13.0 Å². The standard InChI is InChI=1S/C31H55NO3/c1-3-4-5-6-7-8-9-10-11-12-13-14-15-16-17-23-28-34-35-31(33)26-21-22-27-32(2)29-30-24-19-18-20-25-30/h18-20,24-25H,3-17,21-23,26-29H2,1-2H3. The lowest BCUT2D eigenvalue weighted by Gasteiger charge is -2.16. The molecule has 0 N–H and O–H groups in total. The zero-order valence-electron chi connectivity index (χ0n) is 23.1. The molecule has 0 fully saturated rings. The lowest BCUT2D eigenvalue weighted by Crippen LogP contribution is -2.19. The van der Waals surface area contributed by atoms with Crippen molar-refractivity contribution in [3.63, 3.8) is 0 Å². The van der Waals surface area contributed by atoms with Gasteiger partial charge in [-0.1, -0.05) is 134 Å². The molecule has 1 aromatic rings. The second-order valence-corrected chi connectivity index (χ2v) is 10.3. The molecule has 0 amide bonds. The van der Waals surface area contributed by atoms with Crippen molar-refractivity contribution in [3.05, 3.63) is 35.9 Å². The lowest BCUT2D eigenvalue weighted by molar-refractivity contribution is -0.272. The largest absolute Gasteiger partial charge is 0.342 e. The van der Waals surface area contributed by atoms with Crippen molar-refractivity contribution >= 4 is 5.97 Å². The Morgan fingerprint density at radius 1 is 0.686 bits per heavy atom. The van der Waals surface area contributed by atoms with Crippen LogP contribution in [0.2, 0.25) is 0 Å². The Morgan fingerprint density at radius 2 is 1.20 bits per heavy atom. The number of hydrogen-bond acceptors (Lipinski definition) is 4. The van der Waals surface area contributed by atoms with Gasteiger partial charge < -0.3 is 4.90 Å². The van der Waals surface area contributed by atoms with Crippen LogP contribution >= 0.6 is 0 Å². The molecule has 0 aromatic heterocycles. The van der Waals surface area contributed by atoms with Gasteiger partial charge in [0.1, 0.15) is 0 Å². The minimum Gasteiger partial charge on any atom is -0.302 e. The molecule has 202 valence electrons. The molecule has 35 heavy (non-hydrogen) atoms. The highest BCUT2D eigenvalue weighted by molar-refractivity contribution is 5.68. The molecule has 0 aliphatic carbocycles. The van der Waals surface area contributed by atoms with E-state index >= 15 is 0 Å². The molecule has 4 heteroatoms. The molecule has 0 unspecified atom stereocenters. The van der Waals surface area contributed by atoms with Gasteiger partial charge in [0.05, 0.1) is 6.61 Å². The zero-order valence-corrected chi connectivity index (χ0v) is 23.1. The van der Waals surface area contributed by atoms with Crippen LogP contribution in [-0.2, 0) is 21.1 Å². The van der Waals surface area contributed by atoms with Crippen LogP contribution in [0.25, 0.3) is 0 Å². The summed E-state index contributed by atoms with van der Waals surface area (Å²) in [4.78, 5) is 24.1. The van der Waals surface area contributed by atoms with E-state index in [1.165, 1.54) is 95.5 Å². The SMILES string of the molecule is CCCCCCCCCCCCCCCCCCOOC(=O)CCCCN(C)Cc1ccccc1. The van der Waals surface area contributed by atoms with E-state index < -0.39 is 0 Å². The minimum absolute atomic E-state index is 0.243. The first-order valence-electron chi connectivity index (χ1n) is 14.8. The van der Waals surface area contributed by atoms with Crippen molar-refractivity contribution in [2.24, 2.45) is 0 Å². The molecule has 0 heterocycles. The van der Waals surface area contributed by atoms with E-state index in [1.807, 2.05) is 6.07 Å². The van der Waals surface area contributed by atoms with Crippen LogP contribution in [-0.4, -0.2) is 31.1 Å². The van der Waals surface area contributed by atoms with Crippen LogP contribution in [0.5, 0.6) is 0 Å². The van der Waals surface area contributed by atoms with Crippen molar-refractivity contribution in [3.8, 4) is 0 Å². The fourth-order valence-corrected chi connectivity index (χ4v) is 4.48. The molecule has 0 bridgehead atoms. The van der Waals surface area contributed by atoms with Crippen LogP contribution in [0.3, 0.4) is 0 Å². The quantitative estimate of drug-likeness (QED) is 0.0780. The third-order valence-electron chi connectivity index (χ3n) is 6.70. The third-order valence-corrected chi connectivity index (χ3v) is 6.70. The molecular formula is C31H55NO3. The van der Waals surface area contributed by atoms with Gasteiger partial charge in [-0.3, -0.25) is 4.89 Å². The van der Waals surface area contributed by atoms with Crippen LogP contribution in [0.15, 0.2) is 30.3 Å². The van der Waals surface area contributed by atoms with Crippen molar-refractivity contribution < 1.29 is 14.6 Å². The first-order valence-corrected chi connectivity index (χ1v) is 14.8. The fraction of sp³-hybridized carbons (Fsp3) is 0.774. The average Bonchev–Trinajstić information content (AvgIpc) is 2.86. The summed E-state index contributed by atoms with van der Waals surface area (Å²) in [5.41, 5.74) is 1.32. The molecule has 1 aromatic carbocycles. The number of unbranched alkanes of at least 4 members (excludes halogenated alkanes) is 16. The predicted molar refractivity (Wildman–Crippen MR) is 148 cm³/mol. The Hall–Kier alpha value is -1.39. The number of carbonyl (C=O) groups is 1. The van der Waals surface area contributed by atoms with Crippen molar-refractivity contribution in [2.45, 2.75) is 135 Å². The molecule has 0 radical (unpaired) electrons. The number of nitrogens with zero attached hydrogens (tertiary/aromatic N) is 1. The summed E-state index contributed by atoms with van der Waals surface area (Å²) < 4.78 is 0. The highest BCUT2D eigenvalue weighted by atomic mass is 17.2. The Morgan fingerprint density at radius 3 is 1.74 bits per heavy atom. The number of rotatable bonds is 25. The van der Waals surface area contributed by atoms with Gasteiger partial charge in [-0.2, -0.15) is 4.89 Å². The number of benzene rings is 1. The molecule has 4 nitrogen and oxygen atoms in total. The summed E-state index contributed by atoms with van der Waals surface area (Å²) in [7, 11) is 2.12. The van der Waals surface area contributed by atoms with Crippen LogP contribution in [0.4, 0.5) is 0 Å². The minimum atomic E-state index is -0.243. The van der Waals surface area contributed by atoms with Gasteiger partial charge >= 0.3 is 5.97 Å². The maximum Gasteiger partial charge on any atom is 0.342 e. The third kappa shape index (κ3) is 21.6. The molecule has 0 aliphatic heterocycles. The highest BCUT2D eigenvalue weighted by Crippen LogP contribution is 2.14. The van der Waals surface area contributed by atoms with E-state index in [9.17, 15) is 4.79 Å². The summed E-state index contributed by atoms with van der Waals surface area (Å²) in [6.45, 7) is 4.71. The van der Waals surface area contributed by atoms with Gasteiger partial charge in [0.25, 0.3) is 0 Å². The average molecular weight is 490 g/mol. The number of carbonyl (C=O) groups excluding carboxylic acids is 1. The monoisotopic (exact) mass is 489 g/mol. The van der Waals surface area contributed by atoms with E-state index in [4.69, 9.17) is 9.78 Å². The second kappa shape index (κ2) is 24.3. The van der Waals surface area contributed by atoms with Crippen molar-refractivity contribution in [1.29, 1.82) is 0 Å². The van der Waals surface area contributed by atoms with Crippen LogP contribution in [0, 0.1) is 0 Å². The van der Waals surface area contributed by atoms with Gasteiger partial charge in [-0.05, 0) is 38.4 Å². The molecule has 1 rings (SSSR count). The smallest absolute Gasteiger partial charge is 0.302 e. The van der Waals surface area contributed by atoms with E-state index in [0.717, 1.165) is 38.8 Å². The van der Waals surface area contributed by atoms with Crippen LogP contribution in [0.1, 0.15) is 134 Å². The summed E-state index contributed by atoms with van der Waals surface area (Å²) in [6, 6.07) is 10.5. The number of hydrogen-bond donors (Lipinski definition) is 0. The topological polar surface area (TPSA) is 38.8 Å². The normalized spacial score (nSPS) is 11.3. The Kier molecular flexibility index (Phi) is 22.0. The maximum atomic E-state index is 11.8. The molecule has 0 aliphatic rings. The maximum absolute atomic E-state index is 11.8. The van der Waals surface area contributed by atoms with Gasteiger partial charge in [-0.25, -0.2) is 4.79 Å². The predicted octanol–water partition coefficient (Wildman–Crippen LogP) is 9.03. The Labute approximate surface area is 217 Å². The van der Waals surface area contributed by atoms with Crippen LogP contribution < -0.4 is 0 Å².